The summed E-state index contributed by atoms with van der Waals surface area (Å²) in [5, 5.41) is 12.6. The van der Waals surface area contributed by atoms with Crippen LogP contribution in [0.2, 0.25) is 0 Å². The van der Waals surface area contributed by atoms with E-state index in [1.165, 1.54) is 0 Å². The fourth-order valence-electron chi connectivity index (χ4n) is 3.94. The van der Waals surface area contributed by atoms with E-state index in [0.29, 0.717) is 12.3 Å². The molecule has 1 aliphatic heterocycles. The van der Waals surface area contributed by atoms with Gasteiger partial charge in [0.05, 0.1) is 7.11 Å². The second-order valence-electron chi connectivity index (χ2n) is 7.52. The van der Waals surface area contributed by atoms with E-state index in [1.54, 1.807) is 20.1 Å². The van der Waals surface area contributed by atoms with Gasteiger partial charge in [-0.2, -0.15) is 0 Å². The molecule has 3 aromatic rings. The highest BCUT2D eigenvalue weighted by molar-refractivity contribution is 5.94. The molecule has 29 heavy (non-hydrogen) atoms. The van der Waals surface area contributed by atoms with Gasteiger partial charge in [-0.25, -0.2) is 0 Å². The second kappa shape index (κ2) is 8.13. The number of rotatable bonds is 5. The summed E-state index contributed by atoms with van der Waals surface area (Å²) in [6.07, 6.45) is 0. The molecule has 0 unspecified atom stereocenters. The predicted octanol–water partition coefficient (Wildman–Crippen LogP) is 4.08. The van der Waals surface area contributed by atoms with Crippen LogP contribution in [0, 0.1) is 0 Å². The normalized spacial score (nSPS) is 14.9. The van der Waals surface area contributed by atoms with Crippen LogP contribution in [-0.4, -0.2) is 49.1 Å². The van der Waals surface area contributed by atoms with Crippen LogP contribution in [0.4, 0.5) is 5.69 Å². The van der Waals surface area contributed by atoms with E-state index in [4.69, 9.17) is 4.74 Å². The largest absolute Gasteiger partial charge is 0.508 e. The van der Waals surface area contributed by atoms with E-state index in [0.717, 1.165) is 59.5 Å². The van der Waals surface area contributed by atoms with E-state index < -0.39 is 0 Å². The maximum absolute atomic E-state index is 11.5. The van der Waals surface area contributed by atoms with Crippen molar-refractivity contribution in [1.82, 2.24) is 4.90 Å². The quantitative estimate of drug-likeness (QED) is 0.666. The first-order valence-electron chi connectivity index (χ1n) is 9.92. The van der Waals surface area contributed by atoms with Crippen LogP contribution >= 0.6 is 0 Å². The topological polar surface area (TPSA) is 53.0 Å². The summed E-state index contributed by atoms with van der Waals surface area (Å²) < 4.78 is 5.37. The van der Waals surface area contributed by atoms with Crippen molar-refractivity contribution in [3.63, 3.8) is 0 Å². The molecule has 1 saturated heterocycles. The molecule has 0 saturated carbocycles. The van der Waals surface area contributed by atoms with Crippen molar-refractivity contribution in [2.75, 3.05) is 38.2 Å². The zero-order chi connectivity index (χ0) is 20.4. The van der Waals surface area contributed by atoms with E-state index in [2.05, 4.69) is 9.80 Å². The average Bonchev–Trinajstić information content (AvgIpc) is 2.76. The summed E-state index contributed by atoms with van der Waals surface area (Å²) >= 11 is 0. The first kappa shape index (κ1) is 19.3. The highest BCUT2D eigenvalue weighted by atomic mass is 16.5. The van der Waals surface area contributed by atoms with E-state index >= 15 is 0 Å². The van der Waals surface area contributed by atoms with Crippen LogP contribution in [0.1, 0.15) is 22.8 Å². The van der Waals surface area contributed by atoms with Crippen LogP contribution in [0.5, 0.6) is 11.5 Å². The molecule has 0 aromatic heterocycles. The molecule has 150 valence electrons. The second-order valence-corrected chi connectivity index (χ2v) is 7.52. The molecule has 4 rings (SSSR count). The average molecular weight is 390 g/mol. The minimum atomic E-state index is 0.0906. The van der Waals surface area contributed by atoms with Gasteiger partial charge in [0.1, 0.15) is 11.5 Å². The molecule has 3 aromatic carbocycles. The summed E-state index contributed by atoms with van der Waals surface area (Å²) in [7, 11) is 1.66. The third kappa shape index (κ3) is 4.05. The van der Waals surface area contributed by atoms with Crippen LogP contribution < -0.4 is 9.64 Å². The lowest BCUT2D eigenvalue weighted by atomic mass is 10.0. The minimum Gasteiger partial charge on any atom is -0.508 e. The minimum absolute atomic E-state index is 0.0906. The smallest absolute Gasteiger partial charge is 0.159 e. The molecule has 1 N–H and O–H groups in total. The molecular formula is C24H26N2O3. The van der Waals surface area contributed by atoms with Crippen molar-refractivity contribution in [2.24, 2.45) is 0 Å². The molecule has 0 radical (unpaired) electrons. The number of fused-ring (bicyclic) bond motifs is 1. The van der Waals surface area contributed by atoms with Crippen molar-refractivity contribution < 1.29 is 14.6 Å². The van der Waals surface area contributed by atoms with Crippen molar-refractivity contribution in [1.29, 1.82) is 0 Å². The predicted molar refractivity (Wildman–Crippen MR) is 116 cm³/mol. The number of phenolic OH excluding ortho intramolecular Hbond substituents is 1. The number of carbonyl (C=O) groups is 1. The first-order valence-corrected chi connectivity index (χ1v) is 9.92. The van der Waals surface area contributed by atoms with Crippen LogP contribution in [0.25, 0.3) is 10.8 Å². The fourth-order valence-corrected chi connectivity index (χ4v) is 3.94. The number of methoxy groups -OCH3 is 1. The van der Waals surface area contributed by atoms with E-state index in [9.17, 15) is 9.90 Å². The van der Waals surface area contributed by atoms with Gasteiger partial charge in [0.25, 0.3) is 0 Å². The summed E-state index contributed by atoms with van der Waals surface area (Å²) in [5.74, 6) is 1.21. The number of benzene rings is 3. The van der Waals surface area contributed by atoms with Gasteiger partial charge in [0.2, 0.25) is 0 Å². The molecule has 0 spiro atoms. The van der Waals surface area contributed by atoms with Gasteiger partial charge in [-0.3, -0.25) is 9.69 Å². The Morgan fingerprint density at radius 2 is 1.69 bits per heavy atom. The van der Waals surface area contributed by atoms with Crippen molar-refractivity contribution in [3.8, 4) is 11.5 Å². The third-order valence-electron chi connectivity index (χ3n) is 5.71. The number of piperazine rings is 1. The summed E-state index contributed by atoms with van der Waals surface area (Å²) in [6, 6.07) is 17.5. The lowest BCUT2D eigenvalue weighted by Gasteiger charge is -2.36. The van der Waals surface area contributed by atoms with E-state index in [1.807, 2.05) is 48.5 Å². The first-order chi connectivity index (χ1) is 14.0. The third-order valence-corrected chi connectivity index (χ3v) is 5.71. The van der Waals surface area contributed by atoms with Gasteiger partial charge < -0.3 is 14.7 Å². The number of hydrogen-bond acceptors (Lipinski definition) is 5. The van der Waals surface area contributed by atoms with Crippen LogP contribution in [0.3, 0.4) is 0 Å². The Hall–Kier alpha value is -3.05. The van der Waals surface area contributed by atoms with Gasteiger partial charge in [0, 0.05) is 49.5 Å². The summed E-state index contributed by atoms with van der Waals surface area (Å²) in [4.78, 5) is 16.2. The maximum atomic E-state index is 11.5. The number of hydrogen-bond donors (Lipinski definition) is 1. The Morgan fingerprint density at radius 1 is 1.00 bits per heavy atom. The standard InChI is InChI=1S/C24H26N2O3/c1-17(27)18-3-7-20(8-4-18)26-13-11-25(12-14-26)16-23-22-15-21(29-2)9-5-19(22)6-10-24(23)28/h3-10,15,28H,11-14,16H2,1-2H3. The van der Waals surface area contributed by atoms with Gasteiger partial charge in [-0.05, 0) is 60.2 Å². The Labute approximate surface area is 171 Å². The zero-order valence-corrected chi connectivity index (χ0v) is 16.9. The molecule has 1 heterocycles. The zero-order valence-electron chi connectivity index (χ0n) is 16.9. The lowest BCUT2D eigenvalue weighted by molar-refractivity contribution is 0.101. The van der Waals surface area contributed by atoms with E-state index in [-0.39, 0.29) is 5.78 Å². The number of anilines is 1. The maximum Gasteiger partial charge on any atom is 0.159 e. The molecule has 0 bridgehead atoms. The Bertz CT molecular complexity index is 1020. The van der Waals surface area contributed by atoms with Crippen molar-refractivity contribution in [3.05, 3.63) is 65.7 Å². The molecule has 1 fully saturated rings. The molecule has 1 aliphatic rings. The van der Waals surface area contributed by atoms with Gasteiger partial charge in [-0.15, -0.1) is 0 Å². The number of ketones is 1. The SMILES string of the molecule is COc1ccc2ccc(O)c(CN3CCN(c4ccc(C(C)=O)cc4)CC3)c2c1. The van der Waals surface area contributed by atoms with Crippen LogP contribution in [0.15, 0.2) is 54.6 Å². The molecular weight excluding hydrogens is 364 g/mol. The summed E-state index contributed by atoms with van der Waals surface area (Å²) in [6.45, 7) is 5.94. The Kier molecular flexibility index (Phi) is 5.41. The number of Topliss-reactive ketones (excluding diaryl/α,β-unsaturated/α-hetero) is 1. The molecule has 0 atom stereocenters. The highest BCUT2D eigenvalue weighted by Crippen LogP contribution is 2.31. The number of carbonyl (C=O) groups excluding carboxylic acids is 1. The Balaban J connectivity index is 1.47. The molecule has 0 aliphatic carbocycles. The lowest BCUT2D eigenvalue weighted by Crippen LogP contribution is -2.46. The fraction of sp³-hybridized carbons (Fsp3) is 0.292. The van der Waals surface area contributed by atoms with Crippen molar-refractivity contribution in [2.45, 2.75) is 13.5 Å². The number of ether oxygens (including phenoxy) is 1. The number of nitrogens with zero attached hydrogens (tertiary/aromatic N) is 2. The summed E-state index contributed by atoms with van der Waals surface area (Å²) in [5.41, 5.74) is 2.84. The van der Waals surface area contributed by atoms with Crippen molar-refractivity contribution >= 4 is 22.2 Å². The number of aromatic hydroxyl groups is 1. The van der Waals surface area contributed by atoms with Gasteiger partial charge in [0.15, 0.2) is 5.78 Å². The number of phenols is 1. The van der Waals surface area contributed by atoms with Gasteiger partial charge in [-0.1, -0.05) is 12.1 Å². The molecule has 5 nitrogen and oxygen atoms in total. The highest BCUT2D eigenvalue weighted by Gasteiger charge is 2.20. The van der Waals surface area contributed by atoms with Crippen LogP contribution in [-0.2, 0) is 6.54 Å². The molecule has 0 amide bonds. The molecule has 5 heteroatoms. The monoisotopic (exact) mass is 390 g/mol. The van der Waals surface area contributed by atoms with Gasteiger partial charge >= 0.3 is 0 Å². The Morgan fingerprint density at radius 3 is 2.34 bits per heavy atom.